The van der Waals surface area contributed by atoms with Gasteiger partial charge in [-0.15, -0.1) is 0 Å². The molecule has 0 saturated carbocycles. The molecule has 3 aromatic rings. The van der Waals surface area contributed by atoms with E-state index in [1.165, 1.54) is 0 Å². The van der Waals surface area contributed by atoms with E-state index in [0.717, 1.165) is 33.1 Å². The van der Waals surface area contributed by atoms with Crippen molar-refractivity contribution in [2.75, 3.05) is 7.05 Å². The van der Waals surface area contributed by atoms with Crippen molar-refractivity contribution >= 4 is 26.7 Å². The molecule has 0 atom stereocenters. The lowest BCUT2D eigenvalue weighted by atomic mass is 10.1. The van der Waals surface area contributed by atoms with Gasteiger partial charge in [0.25, 0.3) is 0 Å². The van der Waals surface area contributed by atoms with Crippen molar-refractivity contribution in [3.05, 3.63) is 64.8 Å². The molecule has 4 heteroatoms. The molecule has 0 aliphatic heterocycles. The molecule has 106 valence electrons. The second-order valence-corrected chi connectivity index (χ2v) is 5.64. The van der Waals surface area contributed by atoms with Crippen LogP contribution in [-0.4, -0.2) is 12.0 Å². The molecule has 1 N–H and O–H groups in total. The van der Waals surface area contributed by atoms with Gasteiger partial charge < -0.3 is 10.1 Å². The van der Waals surface area contributed by atoms with Gasteiger partial charge in [-0.25, -0.2) is 4.98 Å². The summed E-state index contributed by atoms with van der Waals surface area (Å²) >= 11 is 3.45. The van der Waals surface area contributed by atoms with Crippen LogP contribution in [0.1, 0.15) is 5.56 Å². The van der Waals surface area contributed by atoms with Gasteiger partial charge in [0.2, 0.25) is 5.88 Å². The Morgan fingerprint density at radius 1 is 1.10 bits per heavy atom. The normalized spacial score (nSPS) is 10.8. The summed E-state index contributed by atoms with van der Waals surface area (Å²) in [6, 6.07) is 15.9. The van der Waals surface area contributed by atoms with E-state index in [1.54, 1.807) is 0 Å². The first-order valence-corrected chi connectivity index (χ1v) is 7.52. The first-order valence-electron chi connectivity index (χ1n) is 6.72. The predicted molar refractivity (Wildman–Crippen MR) is 88.7 cm³/mol. The summed E-state index contributed by atoms with van der Waals surface area (Å²) in [5.74, 6) is 1.40. The van der Waals surface area contributed by atoms with Gasteiger partial charge in [-0.1, -0.05) is 40.2 Å². The van der Waals surface area contributed by atoms with E-state index in [2.05, 4.69) is 32.3 Å². The number of pyridine rings is 1. The monoisotopic (exact) mass is 342 g/mol. The van der Waals surface area contributed by atoms with Crippen LogP contribution in [0.5, 0.6) is 11.6 Å². The Balaban J connectivity index is 2.05. The average molecular weight is 343 g/mol. The van der Waals surface area contributed by atoms with E-state index in [1.807, 2.05) is 55.7 Å². The van der Waals surface area contributed by atoms with Crippen LogP contribution < -0.4 is 10.1 Å². The fourth-order valence-corrected chi connectivity index (χ4v) is 2.66. The highest BCUT2D eigenvalue weighted by atomic mass is 79.9. The number of hydrogen-bond donors (Lipinski definition) is 1. The van der Waals surface area contributed by atoms with E-state index < -0.39 is 0 Å². The van der Waals surface area contributed by atoms with Gasteiger partial charge in [0.1, 0.15) is 5.75 Å². The molecule has 0 bridgehead atoms. The van der Waals surface area contributed by atoms with Gasteiger partial charge >= 0.3 is 0 Å². The molecular formula is C17H15BrN2O. The molecule has 0 radical (unpaired) electrons. The van der Waals surface area contributed by atoms with Gasteiger partial charge in [-0.3, -0.25) is 0 Å². The lowest BCUT2D eigenvalue weighted by molar-refractivity contribution is 0.468. The second kappa shape index (κ2) is 6.24. The Morgan fingerprint density at radius 3 is 2.67 bits per heavy atom. The number of nitrogens with one attached hydrogen (secondary N) is 1. The van der Waals surface area contributed by atoms with E-state index in [9.17, 15) is 0 Å². The lowest BCUT2D eigenvalue weighted by Crippen LogP contribution is -2.06. The SMILES string of the molecule is CNCc1cnc(Oc2cccc(Br)c2)c2ccccc12. The van der Waals surface area contributed by atoms with Crippen LogP contribution in [0.4, 0.5) is 0 Å². The van der Waals surface area contributed by atoms with Crippen LogP contribution in [-0.2, 0) is 6.54 Å². The minimum absolute atomic E-state index is 0.628. The zero-order valence-corrected chi connectivity index (χ0v) is 13.2. The molecule has 0 saturated heterocycles. The maximum absolute atomic E-state index is 5.94. The van der Waals surface area contributed by atoms with Crippen molar-refractivity contribution in [1.29, 1.82) is 0 Å². The molecule has 1 heterocycles. The summed E-state index contributed by atoms with van der Waals surface area (Å²) in [7, 11) is 1.93. The van der Waals surface area contributed by atoms with Crippen molar-refractivity contribution in [3.8, 4) is 11.6 Å². The Labute approximate surface area is 132 Å². The Morgan fingerprint density at radius 2 is 1.90 bits per heavy atom. The van der Waals surface area contributed by atoms with Gasteiger partial charge in [0.15, 0.2) is 0 Å². The Bertz CT molecular complexity index is 774. The van der Waals surface area contributed by atoms with Crippen LogP contribution in [0.3, 0.4) is 0 Å². The summed E-state index contributed by atoms with van der Waals surface area (Å²) in [6.45, 7) is 0.782. The number of nitrogens with zero attached hydrogens (tertiary/aromatic N) is 1. The van der Waals surface area contributed by atoms with Crippen LogP contribution >= 0.6 is 15.9 Å². The number of aromatic nitrogens is 1. The van der Waals surface area contributed by atoms with Crippen LogP contribution in [0.2, 0.25) is 0 Å². The molecule has 21 heavy (non-hydrogen) atoms. The van der Waals surface area contributed by atoms with Gasteiger partial charge in [-0.05, 0) is 42.3 Å². The molecule has 0 fully saturated rings. The number of benzene rings is 2. The van der Waals surface area contributed by atoms with Crippen molar-refractivity contribution in [2.24, 2.45) is 0 Å². The van der Waals surface area contributed by atoms with Gasteiger partial charge in [0, 0.05) is 22.6 Å². The summed E-state index contributed by atoms with van der Waals surface area (Å²) in [5.41, 5.74) is 1.16. The Kier molecular flexibility index (Phi) is 4.18. The number of fused-ring (bicyclic) bond motifs is 1. The number of hydrogen-bond acceptors (Lipinski definition) is 3. The zero-order chi connectivity index (χ0) is 14.7. The summed E-state index contributed by atoms with van der Waals surface area (Å²) in [4.78, 5) is 4.47. The molecular weight excluding hydrogens is 328 g/mol. The third kappa shape index (κ3) is 3.06. The molecule has 1 aromatic heterocycles. The summed E-state index contributed by atoms with van der Waals surface area (Å²) in [6.07, 6.45) is 1.87. The topological polar surface area (TPSA) is 34.2 Å². The molecule has 0 aliphatic carbocycles. The molecule has 0 spiro atoms. The largest absolute Gasteiger partial charge is 0.438 e. The first-order chi connectivity index (χ1) is 10.3. The number of ether oxygens (including phenoxy) is 1. The molecule has 0 aliphatic rings. The minimum Gasteiger partial charge on any atom is -0.438 e. The van der Waals surface area contributed by atoms with Crippen LogP contribution in [0.25, 0.3) is 10.8 Å². The van der Waals surface area contributed by atoms with E-state index in [-0.39, 0.29) is 0 Å². The van der Waals surface area contributed by atoms with Crippen molar-refractivity contribution in [3.63, 3.8) is 0 Å². The first kappa shape index (κ1) is 14.0. The molecule has 0 unspecified atom stereocenters. The van der Waals surface area contributed by atoms with Crippen molar-refractivity contribution < 1.29 is 4.74 Å². The second-order valence-electron chi connectivity index (χ2n) is 4.72. The third-order valence-corrected chi connectivity index (χ3v) is 3.71. The summed E-state index contributed by atoms with van der Waals surface area (Å²) < 4.78 is 6.93. The molecule has 0 amide bonds. The summed E-state index contributed by atoms with van der Waals surface area (Å²) in [5, 5.41) is 5.34. The zero-order valence-electron chi connectivity index (χ0n) is 11.6. The lowest BCUT2D eigenvalue weighted by Gasteiger charge is -2.11. The highest BCUT2D eigenvalue weighted by Gasteiger charge is 2.08. The average Bonchev–Trinajstić information content (AvgIpc) is 2.50. The molecule has 3 nitrogen and oxygen atoms in total. The standard InChI is InChI=1S/C17H15BrN2O/c1-19-10-12-11-20-17(16-8-3-2-7-15(12)16)21-14-6-4-5-13(18)9-14/h2-9,11,19H,10H2,1H3. The third-order valence-electron chi connectivity index (χ3n) is 3.22. The van der Waals surface area contributed by atoms with Crippen molar-refractivity contribution in [1.82, 2.24) is 10.3 Å². The van der Waals surface area contributed by atoms with Crippen LogP contribution in [0, 0.1) is 0 Å². The molecule has 2 aromatic carbocycles. The van der Waals surface area contributed by atoms with Crippen molar-refractivity contribution in [2.45, 2.75) is 6.54 Å². The number of rotatable bonds is 4. The highest BCUT2D eigenvalue weighted by Crippen LogP contribution is 2.30. The quantitative estimate of drug-likeness (QED) is 0.757. The smallest absolute Gasteiger partial charge is 0.227 e. The van der Waals surface area contributed by atoms with E-state index in [4.69, 9.17) is 4.74 Å². The predicted octanol–water partition coefficient (Wildman–Crippen LogP) is 4.51. The number of halogens is 1. The van der Waals surface area contributed by atoms with Gasteiger partial charge in [-0.2, -0.15) is 0 Å². The maximum Gasteiger partial charge on any atom is 0.227 e. The maximum atomic E-state index is 5.94. The highest BCUT2D eigenvalue weighted by molar-refractivity contribution is 9.10. The van der Waals surface area contributed by atoms with Gasteiger partial charge in [0.05, 0.1) is 0 Å². The van der Waals surface area contributed by atoms with Crippen LogP contribution in [0.15, 0.2) is 59.2 Å². The fourth-order valence-electron chi connectivity index (χ4n) is 2.28. The molecule has 3 rings (SSSR count). The van der Waals surface area contributed by atoms with E-state index in [0.29, 0.717) is 5.88 Å². The minimum atomic E-state index is 0.628. The fraction of sp³-hybridized carbons (Fsp3) is 0.118. The Hall–Kier alpha value is -1.91. The van der Waals surface area contributed by atoms with E-state index >= 15 is 0 Å².